The molecule has 1 fully saturated rings. The van der Waals surface area contributed by atoms with Gasteiger partial charge in [-0.15, -0.1) is 0 Å². The van der Waals surface area contributed by atoms with Gasteiger partial charge in [0.1, 0.15) is 11.3 Å². The third kappa shape index (κ3) is 2.66. The van der Waals surface area contributed by atoms with Crippen LogP contribution in [0, 0.1) is 11.8 Å². The second-order valence-corrected chi connectivity index (χ2v) is 6.35. The van der Waals surface area contributed by atoms with Crippen molar-refractivity contribution in [2.24, 2.45) is 0 Å². The van der Waals surface area contributed by atoms with Crippen LogP contribution < -0.4 is 5.73 Å². The standard InChI is InChI=1S/C19H17N5O2/c1-24-10-8-19(26,18(24)25)7-5-12-3-2-4-13(11-12)17-22-14-6-9-21-16(20)15(14)23-17/h2-4,6,9,11,26H,8,10H2,1H3,(H2,20,21)(H,22,23). The molecule has 4 N–H and O–H groups in total. The van der Waals surface area contributed by atoms with E-state index in [0.29, 0.717) is 35.7 Å². The molecule has 26 heavy (non-hydrogen) atoms. The number of aromatic nitrogens is 3. The first-order valence-corrected chi connectivity index (χ1v) is 8.18. The zero-order chi connectivity index (χ0) is 18.3. The molecule has 0 saturated carbocycles. The Labute approximate surface area is 149 Å². The maximum absolute atomic E-state index is 12.0. The van der Waals surface area contributed by atoms with Crippen molar-refractivity contribution in [3.05, 3.63) is 42.1 Å². The molecule has 2 aromatic heterocycles. The SMILES string of the molecule is CN1CCC(O)(C#Cc2cccc(-c3nc4c(N)nccc4[nH]3)c2)C1=O. The van der Waals surface area contributed by atoms with Crippen LogP contribution >= 0.6 is 0 Å². The number of hydrogen-bond acceptors (Lipinski definition) is 5. The highest BCUT2D eigenvalue weighted by Crippen LogP contribution is 2.24. The Balaban J connectivity index is 1.68. The summed E-state index contributed by atoms with van der Waals surface area (Å²) in [6.07, 6.45) is 1.93. The Kier molecular flexibility index (Phi) is 3.63. The van der Waals surface area contributed by atoms with E-state index in [-0.39, 0.29) is 5.91 Å². The number of amides is 1. The van der Waals surface area contributed by atoms with Gasteiger partial charge in [-0.1, -0.05) is 24.0 Å². The van der Waals surface area contributed by atoms with Crippen LogP contribution in [0.4, 0.5) is 5.82 Å². The first kappa shape index (κ1) is 16.1. The average Bonchev–Trinajstić information content (AvgIpc) is 3.19. The quantitative estimate of drug-likeness (QED) is 0.572. The van der Waals surface area contributed by atoms with Crippen molar-refractivity contribution in [2.45, 2.75) is 12.0 Å². The number of aliphatic hydroxyl groups is 1. The van der Waals surface area contributed by atoms with Crippen LogP contribution in [0.1, 0.15) is 12.0 Å². The smallest absolute Gasteiger partial charge is 0.267 e. The largest absolute Gasteiger partial charge is 0.382 e. The number of pyridine rings is 1. The van der Waals surface area contributed by atoms with E-state index in [1.807, 2.05) is 30.3 Å². The predicted molar refractivity (Wildman–Crippen MR) is 97.8 cm³/mol. The molecular formula is C19H17N5O2. The van der Waals surface area contributed by atoms with Gasteiger partial charge in [-0.25, -0.2) is 9.97 Å². The summed E-state index contributed by atoms with van der Waals surface area (Å²) in [5.74, 6) is 6.29. The lowest BCUT2D eigenvalue weighted by Crippen LogP contribution is -2.37. The van der Waals surface area contributed by atoms with E-state index < -0.39 is 5.60 Å². The summed E-state index contributed by atoms with van der Waals surface area (Å²) in [6, 6.07) is 9.22. The molecule has 1 atom stereocenters. The molecule has 0 aliphatic carbocycles. The van der Waals surface area contributed by atoms with Crippen LogP contribution in [0.25, 0.3) is 22.4 Å². The zero-order valence-corrected chi connectivity index (χ0v) is 14.2. The summed E-state index contributed by atoms with van der Waals surface area (Å²) >= 11 is 0. The Morgan fingerprint density at radius 2 is 2.23 bits per heavy atom. The van der Waals surface area contributed by atoms with Gasteiger partial charge in [0.2, 0.25) is 5.60 Å². The second-order valence-electron chi connectivity index (χ2n) is 6.35. The first-order chi connectivity index (χ1) is 12.5. The number of aromatic amines is 1. The fourth-order valence-corrected chi connectivity index (χ4v) is 2.98. The number of fused-ring (bicyclic) bond motifs is 1. The van der Waals surface area contributed by atoms with Crippen LogP contribution in [-0.4, -0.2) is 50.1 Å². The number of rotatable bonds is 1. The number of likely N-dealkylation sites (N-methyl/N-ethyl adjacent to an activating group) is 1. The van der Waals surface area contributed by atoms with Gasteiger partial charge in [0.25, 0.3) is 5.91 Å². The number of benzene rings is 1. The molecule has 0 spiro atoms. The number of hydrogen-bond donors (Lipinski definition) is 3. The van der Waals surface area contributed by atoms with Gasteiger partial charge in [0, 0.05) is 37.3 Å². The molecule has 7 nitrogen and oxygen atoms in total. The number of nitrogen functional groups attached to an aromatic ring is 1. The highest BCUT2D eigenvalue weighted by Gasteiger charge is 2.42. The summed E-state index contributed by atoms with van der Waals surface area (Å²) in [5, 5.41) is 10.4. The van der Waals surface area contributed by atoms with Gasteiger partial charge in [0.15, 0.2) is 5.82 Å². The number of likely N-dealkylation sites (tertiary alicyclic amines) is 1. The topological polar surface area (TPSA) is 108 Å². The Morgan fingerprint density at radius 3 is 2.96 bits per heavy atom. The molecule has 0 bridgehead atoms. The minimum absolute atomic E-state index is 0.310. The summed E-state index contributed by atoms with van der Waals surface area (Å²) in [5.41, 5.74) is 7.18. The minimum atomic E-state index is -1.61. The zero-order valence-electron chi connectivity index (χ0n) is 14.2. The maximum Gasteiger partial charge on any atom is 0.267 e. The fourth-order valence-electron chi connectivity index (χ4n) is 2.98. The molecule has 1 amide bonds. The van der Waals surface area contributed by atoms with Crippen LogP contribution in [0.15, 0.2) is 36.5 Å². The minimum Gasteiger partial charge on any atom is -0.382 e. The molecule has 1 saturated heterocycles. The lowest BCUT2D eigenvalue weighted by molar-refractivity contribution is -0.137. The van der Waals surface area contributed by atoms with Crippen molar-refractivity contribution in [3.63, 3.8) is 0 Å². The molecule has 0 radical (unpaired) electrons. The van der Waals surface area contributed by atoms with Gasteiger partial charge in [-0.2, -0.15) is 0 Å². The van der Waals surface area contributed by atoms with E-state index in [2.05, 4.69) is 26.8 Å². The van der Waals surface area contributed by atoms with E-state index in [1.165, 1.54) is 4.90 Å². The predicted octanol–water partition coefficient (Wildman–Crippen LogP) is 1.15. The van der Waals surface area contributed by atoms with E-state index >= 15 is 0 Å². The number of nitrogens with zero attached hydrogens (tertiary/aromatic N) is 3. The molecular weight excluding hydrogens is 330 g/mol. The molecule has 1 aliphatic rings. The van der Waals surface area contributed by atoms with Crippen LogP contribution in [0.3, 0.4) is 0 Å². The van der Waals surface area contributed by atoms with Gasteiger partial charge in [0.05, 0.1) is 5.52 Å². The highest BCUT2D eigenvalue weighted by molar-refractivity contribution is 5.90. The molecule has 130 valence electrons. The van der Waals surface area contributed by atoms with Crippen molar-refractivity contribution < 1.29 is 9.90 Å². The molecule has 7 heteroatoms. The number of nitrogens with two attached hydrogens (primary N) is 1. The van der Waals surface area contributed by atoms with Crippen molar-refractivity contribution in [1.29, 1.82) is 0 Å². The first-order valence-electron chi connectivity index (χ1n) is 8.18. The summed E-state index contributed by atoms with van der Waals surface area (Å²) in [7, 11) is 1.66. The Morgan fingerprint density at radius 1 is 1.38 bits per heavy atom. The maximum atomic E-state index is 12.0. The van der Waals surface area contributed by atoms with Crippen molar-refractivity contribution in [3.8, 4) is 23.2 Å². The molecule has 3 heterocycles. The number of carbonyl (C=O) groups is 1. The summed E-state index contributed by atoms with van der Waals surface area (Å²) in [6.45, 7) is 0.499. The number of nitrogens with one attached hydrogen (secondary N) is 1. The molecule has 1 aliphatic heterocycles. The van der Waals surface area contributed by atoms with Crippen LogP contribution in [0.5, 0.6) is 0 Å². The van der Waals surface area contributed by atoms with Crippen molar-refractivity contribution in [1.82, 2.24) is 19.9 Å². The van der Waals surface area contributed by atoms with E-state index in [9.17, 15) is 9.90 Å². The van der Waals surface area contributed by atoms with Gasteiger partial charge in [-0.05, 0) is 18.2 Å². The molecule has 1 unspecified atom stereocenters. The number of anilines is 1. The number of imidazole rings is 1. The lowest BCUT2D eigenvalue weighted by Gasteiger charge is -2.13. The highest BCUT2D eigenvalue weighted by atomic mass is 16.3. The molecule has 4 rings (SSSR count). The van der Waals surface area contributed by atoms with E-state index in [4.69, 9.17) is 5.73 Å². The average molecular weight is 347 g/mol. The molecule has 1 aromatic carbocycles. The van der Waals surface area contributed by atoms with E-state index in [0.717, 1.165) is 11.1 Å². The Hall–Kier alpha value is -3.37. The summed E-state index contributed by atoms with van der Waals surface area (Å²) in [4.78, 5) is 25.2. The monoisotopic (exact) mass is 347 g/mol. The summed E-state index contributed by atoms with van der Waals surface area (Å²) < 4.78 is 0. The lowest BCUT2D eigenvalue weighted by atomic mass is 10.0. The number of H-pyrrole nitrogens is 1. The normalized spacial score (nSPS) is 19.6. The number of carbonyl (C=O) groups excluding carboxylic acids is 1. The van der Waals surface area contributed by atoms with Crippen LogP contribution in [-0.2, 0) is 4.79 Å². The third-order valence-electron chi connectivity index (χ3n) is 4.49. The third-order valence-corrected chi connectivity index (χ3v) is 4.49. The second kappa shape index (κ2) is 5.86. The van der Waals surface area contributed by atoms with Gasteiger partial charge < -0.3 is 20.7 Å². The van der Waals surface area contributed by atoms with Gasteiger partial charge in [-0.3, -0.25) is 4.79 Å². The van der Waals surface area contributed by atoms with Crippen molar-refractivity contribution in [2.75, 3.05) is 19.3 Å². The van der Waals surface area contributed by atoms with Crippen molar-refractivity contribution >= 4 is 22.8 Å². The van der Waals surface area contributed by atoms with E-state index in [1.54, 1.807) is 13.2 Å². The Bertz CT molecular complexity index is 1080. The molecule has 3 aromatic rings. The van der Waals surface area contributed by atoms with Gasteiger partial charge >= 0.3 is 0 Å². The van der Waals surface area contributed by atoms with Crippen LogP contribution in [0.2, 0.25) is 0 Å². The fraction of sp³-hybridized carbons (Fsp3) is 0.211.